The predicted molar refractivity (Wildman–Crippen MR) is 151 cm³/mol. The fourth-order valence-corrected chi connectivity index (χ4v) is 4.05. The van der Waals surface area contributed by atoms with Crippen LogP contribution in [0.4, 0.5) is 11.4 Å². The summed E-state index contributed by atoms with van der Waals surface area (Å²) in [6.07, 6.45) is 1.63. The van der Waals surface area contributed by atoms with Crippen molar-refractivity contribution >= 4 is 40.8 Å². The molecule has 3 aromatic rings. The molecule has 0 aliphatic carbocycles. The van der Waals surface area contributed by atoms with Crippen LogP contribution < -0.4 is 25.5 Å². The van der Waals surface area contributed by atoms with Crippen molar-refractivity contribution in [1.82, 2.24) is 5.43 Å². The number of nitrogens with one attached hydrogen (secondary N) is 3. The highest BCUT2D eigenvalue weighted by atomic mass is 32.1. The maximum atomic E-state index is 12.5. The minimum atomic E-state index is -0.244. The molecule has 0 aromatic heterocycles. The normalized spacial score (nSPS) is 10.7. The summed E-state index contributed by atoms with van der Waals surface area (Å²) in [7, 11) is 1.55. The van der Waals surface area contributed by atoms with Gasteiger partial charge in [0.05, 0.1) is 13.3 Å². The third-order valence-electron chi connectivity index (χ3n) is 5.59. The van der Waals surface area contributed by atoms with Crippen molar-refractivity contribution in [3.8, 4) is 11.5 Å². The van der Waals surface area contributed by atoms with Crippen LogP contribution in [0.2, 0.25) is 0 Å². The second-order valence-electron chi connectivity index (χ2n) is 8.61. The standard InChI is InChI=1S/C28H32N4O3S/c1-17-12-20(4)27(21(5)13-17)30-25(33)16-35-23-11-10-22(14-24(23)34-6)15-29-32-28(36)31-26-18(2)8-7-9-19(26)3/h7-15H,16H2,1-6H3,(H,30,33)(H2,31,32,36)/b29-15-. The molecule has 0 atom stereocenters. The first-order chi connectivity index (χ1) is 17.2. The monoisotopic (exact) mass is 504 g/mol. The lowest BCUT2D eigenvalue weighted by Gasteiger charge is -2.14. The van der Waals surface area contributed by atoms with Gasteiger partial charge in [-0.1, -0.05) is 35.9 Å². The molecular formula is C28H32N4O3S. The molecule has 0 radical (unpaired) electrons. The maximum Gasteiger partial charge on any atom is 0.262 e. The van der Waals surface area contributed by atoms with Crippen LogP contribution in [0.5, 0.6) is 11.5 Å². The molecule has 0 unspecified atom stereocenters. The number of carbonyl (C=O) groups excluding carboxylic acids is 1. The van der Waals surface area contributed by atoms with Gasteiger partial charge in [0.2, 0.25) is 0 Å². The lowest BCUT2D eigenvalue weighted by atomic mass is 10.1. The molecule has 0 bridgehead atoms. The Labute approximate surface area is 217 Å². The zero-order chi connectivity index (χ0) is 26.2. The molecule has 0 heterocycles. The van der Waals surface area contributed by atoms with Crippen molar-refractivity contribution in [2.45, 2.75) is 34.6 Å². The van der Waals surface area contributed by atoms with Gasteiger partial charge in [0.25, 0.3) is 5.91 Å². The van der Waals surface area contributed by atoms with Gasteiger partial charge in [0.1, 0.15) is 0 Å². The molecule has 0 saturated carbocycles. The Balaban J connectivity index is 1.57. The van der Waals surface area contributed by atoms with E-state index in [1.54, 1.807) is 25.5 Å². The molecule has 3 rings (SSSR count). The van der Waals surface area contributed by atoms with Gasteiger partial charge in [-0.05, 0) is 92.9 Å². The van der Waals surface area contributed by atoms with E-state index in [0.29, 0.717) is 16.6 Å². The van der Waals surface area contributed by atoms with Crippen molar-refractivity contribution in [1.29, 1.82) is 0 Å². The number of aryl methyl sites for hydroxylation is 5. The zero-order valence-electron chi connectivity index (χ0n) is 21.5. The van der Waals surface area contributed by atoms with Crippen molar-refractivity contribution in [3.63, 3.8) is 0 Å². The van der Waals surface area contributed by atoms with Crippen molar-refractivity contribution in [2.24, 2.45) is 5.10 Å². The second kappa shape index (κ2) is 12.2. The van der Waals surface area contributed by atoms with Crippen molar-refractivity contribution < 1.29 is 14.3 Å². The molecule has 7 nitrogen and oxygen atoms in total. The first-order valence-electron chi connectivity index (χ1n) is 11.5. The van der Waals surface area contributed by atoms with E-state index in [4.69, 9.17) is 21.7 Å². The number of hydrogen-bond donors (Lipinski definition) is 3. The van der Waals surface area contributed by atoms with Crippen molar-refractivity contribution in [2.75, 3.05) is 24.4 Å². The molecule has 0 saturated heterocycles. The predicted octanol–water partition coefficient (Wildman–Crippen LogP) is 5.58. The molecule has 0 aliphatic heterocycles. The van der Waals surface area contributed by atoms with Crippen LogP contribution in [-0.4, -0.2) is 31.0 Å². The average Bonchev–Trinajstić information content (AvgIpc) is 2.82. The van der Waals surface area contributed by atoms with E-state index in [0.717, 1.165) is 44.8 Å². The van der Waals surface area contributed by atoms with Crippen LogP contribution in [0.15, 0.2) is 53.6 Å². The number of methoxy groups -OCH3 is 1. The number of anilines is 2. The van der Waals surface area contributed by atoms with E-state index >= 15 is 0 Å². The molecule has 3 N–H and O–H groups in total. The zero-order valence-corrected chi connectivity index (χ0v) is 22.3. The highest BCUT2D eigenvalue weighted by Gasteiger charge is 2.11. The number of thiocarbonyl (C=S) groups is 1. The summed E-state index contributed by atoms with van der Waals surface area (Å²) in [5.74, 6) is 0.708. The Morgan fingerprint density at radius 2 is 1.53 bits per heavy atom. The van der Waals surface area contributed by atoms with E-state index in [1.165, 1.54) is 0 Å². The van der Waals surface area contributed by atoms with Gasteiger partial charge in [0, 0.05) is 11.4 Å². The Hall–Kier alpha value is -3.91. The van der Waals surface area contributed by atoms with Crippen LogP contribution in [-0.2, 0) is 4.79 Å². The summed E-state index contributed by atoms with van der Waals surface area (Å²) in [6, 6.07) is 15.4. The van der Waals surface area contributed by atoms with Gasteiger partial charge in [-0.2, -0.15) is 5.10 Å². The molecule has 188 valence electrons. The number of nitrogens with zero attached hydrogens (tertiary/aromatic N) is 1. The van der Waals surface area contributed by atoms with Gasteiger partial charge in [-0.15, -0.1) is 0 Å². The second-order valence-corrected chi connectivity index (χ2v) is 9.02. The molecule has 36 heavy (non-hydrogen) atoms. The van der Waals surface area contributed by atoms with Crippen LogP contribution in [0.3, 0.4) is 0 Å². The van der Waals surface area contributed by atoms with Crippen LogP contribution in [0.1, 0.15) is 33.4 Å². The first kappa shape index (κ1) is 26.7. The van der Waals surface area contributed by atoms with E-state index in [2.05, 4.69) is 21.2 Å². The van der Waals surface area contributed by atoms with Crippen LogP contribution in [0, 0.1) is 34.6 Å². The summed E-state index contributed by atoms with van der Waals surface area (Å²) in [5.41, 5.74) is 10.8. The van der Waals surface area contributed by atoms with Crippen LogP contribution >= 0.6 is 12.2 Å². The third-order valence-corrected chi connectivity index (χ3v) is 5.78. The van der Waals surface area contributed by atoms with Gasteiger partial charge < -0.3 is 20.1 Å². The fraction of sp³-hybridized carbons (Fsp3) is 0.250. The molecule has 0 aliphatic rings. The SMILES string of the molecule is COc1cc(/C=N\NC(=S)Nc2c(C)cccc2C)ccc1OCC(=O)Nc1c(C)cc(C)cc1C. The molecular weight excluding hydrogens is 472 g/mol. The number of rotatable bonds is 8. The van der Waals surface area contributed by atoms with Crippen LogP contribution in [0.25, 0.3) is 0 Å². The maximum absolute atomic E-state index is 12.5. The fourth-order valence-electron chi connectivity index (χ4n) is 3.90. The van der Waals surface area contributed by atoms with Gasteiger partial charge in [-0.3, -0.25) is 10.2 Å². The quantitative estimate of drug-likeness (QED) is 0.211. The Kier molecular flexibility index (Phi) is 9.02. The smallest absolute Gasteiger partial charge is 0.262 e. The lowest BCUT2D eigenvalue weighted by molar-refractivity contribution is -0.118. The first-order valence-corrected chi connectivity index (χ1v) is 11.9. The summed E-state index contributed by atoms with van der Waals surface area (Å²) in [5, 5.41) is 10.7. The van der Waals surface area contributed by atoms with E-state index < -0.39 is 0 Å². The minimum Gasteiger partial charge on any atom is -0.493 e. The minimum absolute atomic E-state index is 0.142. The van der Waals surface area contributed by atoms with Gasteiger partial charge >= 0.3 is 0 Å². The third kappa shape index (κ3) is 7.05. The lowest BCUT2D eigenvalue weighted by Crippen LogP contribution is -2.24. The topological polar surface area (TPSA) is 84.0 Å². The van der Waals surface area contributed by atoms with Gasteiger partial charge in [-0.25, -0.2) is 0 Å². The average molecular weight is 505 g/mol. The number of carbonyl (C=O) groups is 1. The number of ether oxygens (including phenoxy) is 2. The summed E-state index contributed by atoms with van der Waals surface area (Å²) >= 11 is 5.35. The molecule has 0 fully saturated rings. The van der Waals surface area contributed by atoms with Crippen molar-refractivity contribution in [3.05, 3.63) is 81.9 Å². The summed E-state index contributed by atoms with van der Waals surface area (Å²) < 4.78 is 11.2. The van der Waals surface area contributed by atoms with Gasteiger partial charge in [0.15, 0.2) is 23.2 Å². The summed E-state index contributed by atoms with van der Waals surface area (Å²) in [6.45, 7) is 9.87. The number of amides is 1. The Morgan fingerprint density at radius 1 is 0.889 bits per heavy atom. The van der Waals surface area contributed by atoms with E-state index in [9.17, 15) is 4.79 Å². The Bertz CT molecular complexity index is 1260. The molecule has 3 aromatic carbocycles. The highest BCUT2D eigenvalue weighted by Crippen LogP contribution is 2.28. The number of hydrazone groups is 1. The Morgan fingerprint density at radius 3 is 2.17 bits per heavy atom. The number of hydrogen-bond acceptors (Lipinski definition) is 5. The largest absolute Gasteiger partial charge is 0.493 e. The molecule has 0 spiro atoms. The number of para-hydroxylation sites is 1. The molecule has 1 amide bonds. The molecule has 8 heteroatoms. The van der Waals surface area contributed by atoms with E-state index in [-0.39, 0.29) is 12.5 Å². The van der Waals surface area contributed by atoms with E-state index in [1.807, 2.05) is 71.0 Å². The summed E-state index contributed by atoms with van der Waals surface area (Å²) in [4.78, 5) is 12.5. The highest BCUT2D eigenvalue weighted by molar-refractivity contribution is 7.80. The number of benzene rings is 3.